The summed E-state index contributed by atoms with van der Waals surface area (Å²) in [6.45, 7) is 2.15. The molecule has 0 aromatic carbocycles. The Labute approximate surface area is 144 Å². The molecule has 0 saturated heterocycles. The minimum Gasteiger partial charge on any atom is -0.466 e. The number of hydrogen-bond donors (Lipinski definition) is 0. The number of carbonyl (C=O) groups excluding carboxylic acids is 1. The second-order valence-corrected chi connectivity index (χ2v) is 7.47. The van der Waals surface area contributed by atoms with E-state index >= 15 is 0 Å². The summed E-state index contributed by atoms with van der Waals surface area (Å²) in [4.78, 5) is 32.9. The van der Waals surface area contributed by atoms with Gasteiger partial charge < -0.3 is 4.74 Å². The zero-order valence-electron chi connectivity index (χ0n) is 12.2. The van der Waals surface area contributed by atoms with E-state index in [4.69, 9.17) is 4.74 Å². The highest BCUT2D eigenvalue weighted by Crippen LogP contribution is 2.26. The second-order valence-electron chi connectivity index (χ2n) is 4.52. The summed E-state index contributed by atoms with van der Waals surface area (Å²) in [6.07, 6.45) is 1.90. The minimum absolute atomic E-state index is 0.0750. The predicted octanol–water partition coefficient (Wildman–Crippen LogP) is 2.61. The molecule has 0 spiro atoms. The maximum atomic E-state index is 11.9. The number of nitrogens with zero attached hydrogens (tertiary/aromatic N) is 3. The highest BCUT2D eigenvalue weighted by atomic mass is 32.2. The second kappa shape index (κ2) is 7.24. The first-order chi connectivity index (χ1) is 11.2. The molecule has 9 heteroatoms. The predicted molar refractivity (Wildman–Crippen MR) is 91.4 cm³/mol. The van der Waals surface area contributed by atoms with Gasteiger partial charge in [-0.15, -0.1) is 22.7 Å². The number of carbonyl (C=O) groups is 1. The Hall–Kier alpha value is -1.71. The fraction of sp³-hybridized carbons (Fsp3) is 0.286. The van der Waals surface area contributed by atoms with E-state index in [9.17, 15) is 9.59 Å². The molecular formula is C14H13N3O3S3. The van der Waals surface area contributed by atoms with Gasteiger partial charge in [-0.1, -0.05) is 11.8 Å². The maximum absolute atomic E-state index is 11.9. The van der Waals surface area contributed by atoms with Gasteiger partial charge in [-0.2, -0.15) is 0 Å². The molecule has 3 rings (SSSR count). The van der Waals surface area contributed by atoms with Crippen LogP contribution in [0, 0.1) is 0 Å². The molecule has 0 aliphatic heterocycles. The van der Waals surface area contributed by atoms with Crippen molar-refractivity contribution in [2.45, 2.75) is 23.4 Å². The first-order valence-corrected chi connectivity index (χ1v) is 9.59. The van der Waals surface area contributed by atoms with Crippen LogP contribution in [-0.4, -0.2) is 26.9 Å². The Kier molecular flexibility index (Phi) is 5.09. The summed E-state index contributed by atoms with van der Waals surface area (Å²) in [6, 6.07) is 1.54. The van der Waals surface area contributed by atoms with Crippen LogP contribution in [0.3, 0.4) is 0 Å². The van der Waals surface area contributed by atoms with Gasteiger partial charge >= 0.3 is 5.97 Å². The lowest BCUT2D eigenvalue weighted by atomic mass is 10.3. The van der Waals surface area contributed by atoms with Gasteiger partial charge in [-0.3, -0.25) is 14.0 Å². The van der Waals surface area contributed by atoms with Crippen LogP contribution in [0.5, 0.6) is 0 Å². The minimum atomic E-state index is -0.271. The largest absolute Gasteiger partial charge is 0.466 e. The van der Waals surface area contributed by atoms with E-state index < -0.39 is 0 Å². The van der Waals surface area contributed by atoms with E-state index in [0.717, 1.165) is 10.0 Å². The van der Waals surface area contributed by atoms with Crippen LogP contribution in [0.2, 0.25) is 0 Å². The van der Waals surface area contributed by atoms with Gasteiger partial charge in [0, 0.05) is 28.8 Å². The van der Waals surface area contributed by atoms with Gasteiger partial charge in [0.1, 0.15) is 0 Å². The van der Waals surface area contributed by atoms with E-state index in [1.165, 1.54) is 38.8 Å². The summed E-state index contributed by atoms with van der Waals surface area (Å²) < 4.78 is 7.28. The average Bonchev–Trinajstić information content (AvgIpc) is 3.14. The molecule has 0 bridgehead atoms. The molecule has 0 unspecified atom stereocenters. The topological polar surface area (TPSA) is 73.6 Å². The first kappa shape index (κ1) is 16.2. The van der Waals surface area contributed by atoms with Crippen molar-refractivity contribution in [2.75, 3.05) is 6.61 Å². The molecule has 0 amide bonds. The quantitative estimate of drug-likeness (QED) is 0.492. The molecule has 0 radical (unpaired) electrons. The van der Waals surface area contributed by atoms with Crippen molar-refractivity contribution in [3.05, 3.63) is 44.8 Å². The van der Waals surface area contributed by atoms with Gasteiger partial charge in [0.05, 0.1) is 24.4 Å². The number of thioether (sulfide) groups is 1. The normalized spacial score (nSPS) is 11.0. The number of aromatic nitrogens is 3. The lowest BCUT2D eigenvalue weighted by Crippen LogP contribution is -2.12. The number of hydrogen-bond acceptors (Lipinski definition) is 8. The monoisotopic (exact) mass is 367 g/mol. The Morgan fingerprint density at radius 3 is 3.04 bits per heavy atom. The van der Waals surface area contributed by atoms with Crippen molar-refractivity contribution in [3.8, 4) is 0 Å². The summed E-state index contributed by atoms with van der Waals surface area (Å²) in [7, 11) is 0. The third-order valence-electron chi connectivity index (χ3n) is 2.86. The molecular weight excluding hydrogens is 354 g/mol. The molecule has 0 aliphatic carbocycles. The molecule has 120 valence electrons. The van der Waals surface area contributed by atoms with Crippen molar-refractivity contribution >= 4 is 45.4 Å². The van der Waals surface area contributed by atoms with Crippen molar-refractivity contribution in [1.82, 2.24) is 14.4 Å². The molecule has 0 N–H and O–H groups in total. The number of ether oxygens (including phenoxy) is 1. The third kappa shape index (κ3) is 3.98. The summed E-state index contributed by atoms with van der Waals surface area (Å²) in [5, 5.41) is 3.69. The van der Waals surface area contributed by atoms with Crippen LogP contribution in [0.15, 0.2) is 32.2 Å². The van der Waals surface area contributed by atoms with Crippen LogP contribution >= 0.6 is 34.4 Å². The Balaban J connectivity index is 1.64. The molecule has 0 saturated carbocycles. The van der Waals surface area contributed by atoms with Crippen LogP contribution in [0.25, 0.3) is 4.96 Å². The van der Waals surface area contributed by atoms with Gasteiger partial charge in [-0.05, 0) is 6.92 Å². The number of rotatable bonds is 6. The van der Waals surface area contributed by atoms with Gasteiger partial charge in [0.2, 0.25) is 0 Å². The third-order valence-corrected chi connectivity index (χ3v) is 5.72. The molecule has 0 atom stereocenters. The van der Waals surface area contributed by atoms with Crippen LogP contribution in [0.4, 0.5) is 0 Å². The van der Waals surface area contributed by atoms with E-state index in [0.29, 0.717) is 23.0 Å². The number of fused-ring (bicyclic) bond motifs is 1. The smallest absolute Gasteiger partial charge is 0.311 e. The van der Waals surface area contributed by atoms with Crippen LogP contribution in [-0.2, 0) is 21.7 Å². The Bertz CT molecular complexity index is 884. The average molecular weight is 367 g/mol. The van der Waals surface area contributed by atoms with Gasteiger partial charge in [0.25, 0.3) is 5.56 Å². The van der Waals surface area contributed by atoms with E-state index in [1.54, 1.807) is 19.2 Å². The standard InChI is InChI=1S/C14H13N3O3S3/c1-2-20-12(19)6-10-8-23-14(16-10)22-7-9-5-11(18)17-3-4-21-13(17)15-9/h3-5,8H,2,6-7H2,1H3. The summed E-state index contributed by atoms with van der Waals surface area (Å²) in [5.74, 6) is 0.294. The Morgan fingerprint density at radius 2 is 2.22 bits per heavy atom. The van der Waals surface area contributed by atoms with Crippen LogP contribution in [0.1, 0.15) is 18.3 Å². The first-order valence-electron chi connectivity index (χ1n) is 6.84. The van der Waals surface area contributed by atoms with E-state index in [2.05, 4.69) is 9.97 Å². The molecule has 6 nitrogen and oxygen atoms in total. The van der Waals surface area contributed by atoms with Crippen molar-refractivity contribution in [2.24, 2.45) is 0 Å². The molecule has 23 heavy (non-hydrogen) atoms. The molecule has 0 fully saturated rings. The molecule has 0 aliphatic rings. The molecule has 3 aromatic rings. The van der Waals surface area contributed by atoms with Crippen molar-refractivity contribution < 1.29 is 9.53 Å². The lowest BCUT2D eigenvalue weighted by molar-refractivity contribution is -0.142. The zero-order valence-corrected chi connectivity index (χ0v) is 14.7. The summed E-state index contributed by atoms with van der Waals surface area (Å²) >= 11 is 4.41. The Morgan fingerprint density at radius 1 is 1.35 bits per heavy atom. The van der Waals surface area contributed by atoms with E-state index in [-0.39, 0.29) is 17.9 Å². The van der Waals surface area contributed by atoms with Gasteiger partial charge in [0.15, 0.2) is 9.30 Å². The highest BCUT2D eigenvalue weighted by molar-refractivity contribution is 8.00. The molecule has 3 aromatic heterocycles. The fourth-order valence-corrected chi connectivity index (χ4v) is 4.37. The lowest BCUT2D eigenvalue weighted by Gasteiger charge is -1.99. The number of thiazole rings is 2. The van der Waals surface area contributed by atoms with Crippen molar-refractivity contribution in [1.29, 1.82) is 0 Å². The van der Waals surface area contributed by atoms with E-state index in [1.807, 2.05) is 10.8 Å². The SMILES string of the molecule is CCOC(=O)Cc1csc(SCc2cc(=O)n3ccsc3n2)n1. The van der Waals surface area contributed by atoms with Crippen molar-refractivity contribution in [3.63, 3.8) is 0 Å². The highest BCUT2D eigenvalue weighted by Gasteiger charge is 2.10. The zero-order chi connectivity index (χ0) is 16.2. The molecule has 3 heterocycles. The summed E-state index contributed by atoms with van der Waals surface area (Å²) in [5.41, 5.74) is 1.36. The van der Waals surface area contributed by atoms with Crippen LogP contribution < -0.4 is 5.56 Å². The van der Waals surface area contributed by atoms with Gasteiger partial charge in [-0.25, -0.2) is 9.97 Å². The number of esters is 1. The maximum Gasteiger partial charge on any atom is 0.311 e. The fourth-order valence-electron chi connectivity index (χ4n) is 1.89.